The van der Waals surface area contributed by atoms with E-state index in [-0.39, 0.29) is 28.2 Å². The maximum Gasteiger partial charge on any atom is 0.165 e. The van der Waals surface area contributed by atoms with Gasteiger partial charge >= 0.3 is 0 Å². The Balaban J connectivity index is 2.29. The maximum atomic E-state index is 10.3. The lowest BCUT2D eigenvalue weighted by Crippen LogP contribution is -2.51. The molecule has 138 valence electrons. The molecular formula is C18H16N4O4S. The SMILES string of the molecule is N#Cc1c(-c2ccccc2)c(C#N)c(=S)n([C@H]2OC[C@@H](O)[C@@H](O)[C@@H]2O)c1N. The van der Waals surface area contributed by atoms with Crippen LogP contribution in [0.3, 0.4) is 0 Å². The van der Waals surface area contributed by atoms with Crippen molar-refractivity contribution >= 4 is 18.0 Å². The highest BCUT2D eigenvalue weighted by molar-refractivity contribution is 7.71. The third kappa shape index (κ3) is 3.08. The number of benzene rings is 1. The summed E-state index contributed by atoms with van der Waals surface area (Å²) in [5, 5.41) is 49.2. The van der Waals surface area contributed by atoms with Crippen molar-refractivity contribution in [1.82, 2.24) is 4.57 Å². The van der Waals surface area contributed by atoms with Gasteiger partial charge in [0.05, 0.1) is 12.2 Å². The molecule has 0 radical (unpaired) electrons. The molecule has 2 heterocycles. The minimum Gasteiger partial charge on any atom is -0.388 e. The summed E-state index contributed by atoms with van der Waals surface area (Å²) in [7, 11) is 0. The van der Waals surface area contributed by atoms with Crippen LogP contribution < -0.4 is 5.73 Å². The second-order valence-electron chi connectivity index (χ2n) is 6.05. The lowest BCUT2D eigenvalue weighted by Gasteiger charge is -2.37. The fourth-order valence-corrected chi connectivity index (χ4v) is 3.44. The summed E-state index contributed by atoms with van der Waals surface area (Å²) in [5.74, 6) is -0.104. The minimum atomic E-state index is -1.55. The molecule has 1 aromatic heterocycles. The normalized spacial score (nSPS) is 24.8. The van der Waals surface area contributed by atoms with Gasteiger partial charge in [0.2, 0.25) is 0 Å². The van der Waals surface area contributed by atoms with Gasteiger partial charge in [0.25, 0.3) is 0 Å². The predicted octanol–water partition coefficient (Wildman–Crippen LogP) is 0.822. The molecule has 27 heavy (non-hydrogen) atoms. The predicted molar refractivity (Wildman–Crippen MR) is 97.6 cm³/mol. The van der Waals surface area contributed by atoms with E-state index >= 15 is 0 Å². The van der Waals surface area contributed by atoms with Gasteiger partial charge in [0.15, 0.2) is 6.23 Å². The number of ether oxygens (including phenoxy) is 1. The molecule has 0 saturated carbocycles. The fraction of sp³-hybridized carbons (Fsp3) is 0.278. The molecule has 1 saturated heterocycles. The van der Waals surface area contributed by atoms with E-state index < -0.39 is 24.5 Å². The highest BCUT2D eigenvalue weighted by atomic mass is 32.1. The molecule has 1 aliphatic rings. The van der Waals surface area contributed by atoms with Crippen LogP contribution in [-0.4, -0.2) is 44.8 Å². The molecule has 8 nitrogen and oxygen atoms in total. The number of hydrogen-bond acceptors (Lipinski definition) is 8. The smallest absolute Gasteiger partial charge is 0.165 e. The summed E-state index contributed by atoms with van der Waals surface area (Å²) >= 11 is 5.39. The first-order valence-electron chi connectivity index (χ1n) is 8.01. The monoisotopic (exact) mass is 384 g/mol. The molecule has 0 bridgehead atoms. The van der Waals surface area contributed by atoms with Gasteiger partial charge in [0, 0.05) is 5.56 Å². The Morgan fingerprint density at radius 1 is 1.07 bits per heavy atom. The van der Waals surface area contributed by atoms with Crippen LogP contribution in [0.4, 0.5) is 5.82 Å². The first-order valence-corrected chi connectivity index (χ1v) is 8.42. The lowest BCUT2D eigenvalue weighted by atomic mass is 9.96. The summed E-state index contributed by atoms with van der Waals surface area (Å²) in [6.07, 6.45) is -5.57. The van der Waals surface area contributed by atoms with Gasteiger partial charge in [-0.05, 0) is 5.56 Å². The Labute approximate surface area is 159 Å². The molecule has 1 aliphatic heterocycles. The van der Waals surface area contributed by atoms with Gasteiger partial charge in [-0.2, -0.15) is 10.5 Å². The number of nitrogens with two attached hydrogens (primary N) is 1. The van der Waals surface area contributed by atoms with E-state index in [0.717, 1.165) is 4.57 Å². The van der Waals surface area contributed by atoms with Crippen molar-refractivity contribution in [3.63, 3.8) is 0 Å². The first kappa shape index (κ1) is 19.0. The lowest BCUT2D eigenvalue weighted by molar-refractivity contribution is -0.210. The van der Waals surface area contributed by atoms with Gasteiger partial charge in [-0.1, -0.05) is 42.5 Å². The molecule has 0 unspecified atom stereocenters. The molecule has 2 aromatic rings. The second kappa shape index (κ2) is 7.45. The zero-order valence-corrected chi connectivity index (χ0v) is 14.8. The van der Waals surface area contributed by atoms with Crippen molar-refractivity contribution in [2.45, 2.75) is 24.5 Å². The Morgan fingerprint density at radius 2 is 1.70 bits per heavy atom. The molecule has 3 rings (SSSR count). The Kier molecular flexibility index (Phi) is 5.24. The second-order valence-corrected chi connectivity index (χ2v) is 6.43. The molecule has 0 amide bonds. The number of anilines is 1. The average molecular weight is 384 g/mol. The number of pyridine rings is 1. The quantitative estimate of drug-likeness (QED) is 0.556. The van der Waals surface area contributed by atoms with Crippen molar-refractivity contribution in [3.8, 4) is 23.3 Å². The topological polar surface area (TPSA) is 148 Å². The van der Waals surface area contributed by atoms with Crippen molar-refractivity contribution in [2.75, 3.05) is 12.3 Å². The summed E-state index contributed by atoms with van der Waals surface area (Å²) < 4.78 is 6.50. The van der Waals surface area contributed by atoms with Crippen LogP contribution >= 0.6 is 12.2 Å². The van der Waals surface area contributed by atoms with Crippen LogP contribution in [0.1, 0.15) is 17.4 Å². The Morgan fingerprint density at radius 3 is 2.30 bits per heavy atom. The highest BCUT2D eigenvalue weighted by Gasteiger charge is 2.40. The number of rotatable bonds is 2. The third-order valence-electron chi connectivity index (χ3n) is 4.46. The van der Waals surface area contributed by atoms with Gasteiger partial charge in [-0.3, -0.25) is 4.57 Å². The van der Waals surface area contributed by atoms with Crippen LogP contribution in [0, 0.1) is 27.3 Å². The van der Waals surface area contributed by atoms with Crippen LogP contribution in [0.25, 0.3) is 11.1 Å². The Hall–Kier alpha value is -2.79. The zero-order valence-electron chi connectivity index (χ0n) is 14.0. The number of aliphatic hydroxyl groups excluding tert-OH is 3. The van der Waals surface area contributed by atoms with Crippen molar-refractivity contribution in [1.29, 1.82) is 10.5 Å². The maximum absolute atomic E-state index is 10.3. The van der Waals surface area contributed by atoms with Crippen molar-refractivity contribution < 1.29 is 20.1 Å². The van der Waals surface area contributed by atoms with Gasteiger partial charge in [-0.25, -0.2) is 0 Å². The van der Waals surface area contributed by atoms with Crippen LogP contribution in [-0.2, 0) is 4.74 Å². The largest absolute Gasteiger partial charge is 0.388 e. The fourth-order valence-electron chi connectivity index (χ4n) is 3.09. The summed E-state index contributed by atoms with van der Waals surface area (Å²) in [5.41, 5.74) is 7.08. The van der Waals surface area contributed by atoms with E-state index in [9.17, 15) is 25.8 Å². The van der Waals surface area contributed by atoms with Crippen LogP contribution in [0.5, 0.6) is 0 Å². The molecule has 0 aliphatic carbocycles. The van der Waals surface area contributed by atoms with Crippen LogP contribution in [0.2, 0.25) is 0 Å². The van der Waals surface area contributed by atoms with Gasteiger partial charge in [-0.15, -0.1) is 0 Å². The summed E-state index contributed by atoms with van der Waals surface area (Å²) in [4.78, 5) is 0. The van der Waals surface area contributed by atoms with E-state index in [4.69, 9.17) is 22.7 Å². The van der Waals surface area contributed by atoms with Crippen molar-refractivity contribution in [3.05, 3.63) is 46.1 Å². The summed E-state index contributed by atoms with van der Waals surface area (Å²) in [6, 6.07) is 12.7. The van der Waals surface area contributed by atoms with Gasteiger partial charge < -0.3 is 25.8 Å². The molecule has 4 atom stereocenters. The number of hydrogen-bond donors (Lipinski definition) is 4. The molecule has 9 heteroatoms. The highest BCUT2D eigenvalue weighted by Crippen LogP contribution is 2.36. The standard InChI is InChI=1S/C18H16N4O4S/c19-6-10-13(9-4-2-1-3-5-9)11(7-20)18(27)22(16(10)21)17-15(25)14(24)12(23)8-26-17/h1-5,12,14-15,17,23-25H,8,21H2/t12-,14-,15+,17+/m1/s1. The first-order chi connectivity index (χ1) is 12.9. The summed E-state index contributed by atoms with van der Waals surface area (Å²) in [6.45, 7) is -0.270. The molecule has 5 N–H and O–H groups in total. The minimum absolute atomic E-state index is 0.00256. The van der Waals surface area contributed by atoms with E-state index in [1.54, 1.807) is 30.3 Å². The third-order valence-corrected chi connectivity index (χ3v) is 4.86. The number of aromatic nitrogens is 1. The molecular weight excluding hydrogens is 368 g/mol. The molecule has 1 aromatic carbocycles. The van der Waals surface area contributed by atoms with Crippen LogP contribution in [0.15, 0.2) is 30.3 Å². The average Bonchev–Trinajstić information content (AvgIpc) is 2.68. The van der Waals surface area contributed by atoms with E-state index in [2.05, 4.69) is 0 Å². The number of aliphatic hydroxyl groups is 3. The van der Waals surface area contributed by atoms with E-state index in [1.165, 1.54) is 0 Å². The van der Waals surface area contributed by atoms with Gasteiger partial charge in [0.1, 0.15) is 46.5 Å². The zero-order chi connectivity index (χ0) is 19.7. The van der Waals surface area contributed by atoms with Crippen molar-refractivity contribution in [2.24, 2.45) is 0 Å². The molecule has 0 spiro atoms. The van der Waals surface area contributed by atoms with E-state index in [1.807, 2.05) is 12.1 Å². The number of nitriles is 2. The molecule has 1 fully saturated rings. The van der Waals surface area contributed by atoms with E-state index in [0.29, 0.717) is 11.1 Å². The Bertz CT molecular complexity index is 1010. The number of nitrogens with zero attached hydrogens (tertiary/aromatic N) is 3. The number of nitrogen functional groups attached to an aromatic ring is 1.